The molecule has 0 aliphatic heterocycles. The Morgan fingerprint density at radius 1 is 1.24 bits per heavy atom. The number of aryl methyl sites for hydroxylation is 2. The van der Waals surface area contributed by atoms with Gasteiger partial charge in [0.25, 0.3) is 5.91 Å². The molecule has 0 saturated carbocycles. The maximum absolute atomic E-state index is 11.9. The van der Waals surface area contributed by atoms with Crippen molar-refractivity contribution in [1.82, 2.24) is 34.5 Å². The number of rotatable bonds is 3. The van der Waals surface area contributed by atoms with Crippen LogP contribution in [-0.2, 0) is 7.05 Å². The van der Waals surface area contributed by atoms with Crippen LogP contribution in [0.4, 0.5) is 5.69 Å². The van der Waals surface area contributed by atoms with Crippen LogP contribution in [0.3, 0.4) is 0 Å². The average molecular weight is 284 g/mol. The summed E-state index contributed by atoms with van der Waals surface area (Å²) in [5.41, 5.74) is 0.708. The number of hydrogen-bond acceptors (Lipinski definition) is 6. The molecule has 0 aromatic carbocycles. The molecule has 3 heterocycles. The Balaban J connectivity index is 1.76. The van der Waals surface area contributed by atoms with Gasteiger partial charge in [-0.05, 0) is 6.92 Å². The number of carbonyl (C=O) groups excluding carboxylic acids is 1. The van der Waals surface area contributed by atoms with Gasteiger partial charge in [-0.1, -0.05) is 5.21 Å². The van der Waals surface area contributed by atoms with Gasteiger partial charge in [-0.25, -0.2) is 15.0 Å². The fraction of sp³-hybridized carbons (Fsp3) is 0.167. The molecule has 0 aliphatic rings. The highest BCUT2D eigenvalue weighted by atomic mass is 16.2. The minimum Gasteiger partial charge on any atom is -0.318 e. The van der Waals surface area contributed by atoms with Crippen molar-refractivity contribution in [2.24, 2.45) is 7.05 Å². The quantitative estimate of drug-likeness (QED) is 0.744. The molecule has 9 heteroatoms. The summed E-state index contributed by atoms with van der Waals surface area (Å²) in [5.74, 6) is 0.909. The van der Waals surface area contributed by atoms with Crippen LogP contribution >= 0.6 is 0 Å². The molecule has 0 atom stereocenters. The van der Waals surface area contributed by atoms with E-state index < -0.39 is 0 Å². The predicted molar refractivity (Wildman–Crippen MR) is 72.8 cm³/mol. The van der Waals surface area contributed by atoms with Crippen LogP contribution in [0.25, 0.3) is 5.95 Å². The van der Waals surface area contributed by atoms with Crippen LogP contribution in [0.1, 0.15) is 16.3 Å². The van der Waals surface area contributed by atoms with Crippen molar-refractivity contribution in [1.29, 1.82) is 0 Å². The molecular formula is C12H12N8O. The Labute approximate surface area is 119 Å². The van der Waals surface area contributed by atoms with Crippen molar-refractivity contribution in [3.05, 3.63) is 42.5 Å². The monoisotopic (exact) mass is 284 g/mol. The molecule has 3 rings (SSSR count). The van der Waals surface area contributed by atoms with Gasteiger partial charge >= 0.3 is 0 Å². The molecule has 0 unspecified atom stereocenters. The van der Waals surface area contributed by atoms with Gasteiger partial charge in [0.15, 0.2) is 5.69 Å². The predicted octanol–water partition coefficient (Wildman–Crippen LogP) is 0.352. The van der Waals surface area contributed by atoms with Crippen molar-refractivity contribution in [3.63, 3.8) is 0 Å². The van der Waals surface area contributed by atoms with E-state index in [2.05, 4.69) is 30.6 Å². The molecule has 0 saturated heterocycles. The lowest BCUT2D eigenvalue weighted by molar-refractivity contribution is 0.102. The largest absolute Gasteiger partial charge is 0.318 e. The van der Waals surface area contributed by atoms with E-state index in [1.165, 1.54) is 23.3 Å². The van der Waals surface area contributed by atoms with E-state index in [0.717, 1.165) is 5.82 Å². The SMILES string of the molecule is Cc1nccn1-c1ncc(NC(=O)c2cn(C)nn2)cn1. The Morgan fingerprint density at radius 2 is 2.00 bits per heavy atom. The lowest BCUT2D eigenvalue weighted by Crippen LogP contribution is -2.13. The Hall–Kier alpha value is -3.10. The highest BCUT2D eigenvalue weighted by Crippen LogP contribution is 2.09. The highest BCUT2D eigenvalue weighted by Gasteiger charge is 2.11. The molecule has 0 bridgehead atoms. The van der Waals surface area contributed by atoms with Crippen molar-refractivity contribution in [2.75, 3.05) is 5.32 Å². The van der Waals surface area contributed by atoms with Gasteiger partial charge in [0.1, 0.15) is 5.82 Å². The van der Waals surface area contributed by atoms with Crippen LogP contribution in [0.5, 0.6) is 0 Å². The molecule has 0 spiro atoms. The van der Waals surface area contributed by atoms with E-state index in [-0.39, 0.29) is 11.6 Å². The zero-order chi connectivity index (χ0) is 14.8. The first-order chi connectivity index (χ1) is 10.1. The minimum atomic E-state index is -0.363. The second-order valence-electron chi connectivity index (χ2n) is 4.35. The van der Waals surface area contributed by atoms with Crippen LogP contribution in [-0.4, -0.2) is 40.4 Å². The minimum absolute atomic E-state index is 0.229. The second kappa shape index (κ2) is 5.12. The van der Waals surface area contributed by atoms with Crippen molar-refractivity contribution >= 4 is 11.6 Å². The Kier molecular flexibility index (Phi) is 3.14. The molecule has 0 aliphatic carbocycles. The van der Waals surface area contributed by atoms with E-state index in [1.807, 2.05) is 6.92 Å². The Morgan fingerprint density at radius 3 is 2.57 bits per heavy atom. The maximum Gasteiger partial charge on any atom is 0.277 e. The summed E-state index contributed by atoms with van der Waals surface area (Å²) >= 11 is 0. The second-order valence-corrected chi connectivity index (χ2v) is 4.35. The molecule has 1 amide bonds. The molecule has 0 radical (unpaired) electrons. The van der Waals surface area contributed by atoms with Gasteiger partial charge in [-0.3, -0.25) is 14.0 Å². The number of amides is 1. The van der Waals surface area contributed by atoms with Gasteiger partial charge in [-0.15, -0.1) is 5.10 Å². The average Bonchev–Trinajstić information content (AvgIpc) is 3.08. The standard InChI is InChI=1S/C12H12N8O/c1-8-13-3-4-20(8)12-14-5-9(6-15-12)16-11(21)10-7-19(2)18-17-10/h3-7H,1-2H3,(H,16,21). The normalized spacial score (nSPS) is 10.6. The summed E-state index contributed by atoms with van der Waals surface area (Å²) in [6, 6.07) is 0. The zero-order valence-corrected chi connectivity index (χ0v) is 11.4. The van der Waals surface area contributed by atoms with Gasteiger partial charge in [0.05, 0.1) is 24.3 Å². The molecule has 3 aromatic rings. The number of aromatic nitrogens is 7. The Bertz CT molecular complexity index is 773. The van der Waals surface area contributed by atoms with Gasteiger partial charge < -0.3 is 5.32 Å². The molecular weight excluding hydrogens is 272 g/mol. The van der Waals surface area contributed by atoms with Gasteiger partial charge in [0, 0.05) is 19.4 Å². The maximum atomic E-state index is 11.9. The summed E-state index contributed by atoms with van der Waals surface area (Å²) in [4.78, 5) is 24.4. The smallest absolute Gasteiger partial charge is 0.277 e. The summed E-state index contributed by atoms with van der Waals surface area (Å²) in [5, 5.41) is 10.1. The summed E-state index contributed by atoms with van der Waals surface area (Å²) in [7, 11) is 1.69. The van der Waals surface area contributed by atoms with Gasteiger partial charge in [0.2, 0.25) is 5.95 Å². The number of carbonyl (C=O) groups is 1. The number of nitrogens with one attached hydrogen (secondary N) is 1. The fourth-order valence-corrected chi connectivity index (χ4v) is 1.75. The zero-order valence-electron chi connectivity index (χ0n) is 11.4. The van der Waals surface area contributed by atoms with Crippen LogP contribution in [0, 0.1) is 6.92 Å². The summed E-state index contributed by atoms with van der Waals surface area (Å²) in [6.45, 7) is 1.85. The number of nitrogens with zero attached hydrogens (tertiary/aromatic N) is 7. The molecule has 9 nitrogen and oxygen atoms in total. The van der Waals surface area contributed by atoms with Crippen molar-refractivity contribution in [3.8, 4) is 5.95 Å². The first-order valence-electron chi connectivity index (χ1n) is 6.13. The third-order valence-corrected chi connectivity index (χ3v) is 2.77. The molecule has 1 N–H and O–H groups in total. The number of anilines is 1. The van der Waals surface area contributed by atoms with Crippen LogP contribution in [0.2, 0.25) is 0 Å². The molecule has 0 fully saturated rings. The molecule has 21 heavy (non-hydrogen) atoms. The third-order valence-electron chi connectivity index (χ3n) is 2.77. The third kappa shape index (κ3) is 2.61. The first-order valence-corrected chi connectivity index (χ1v) is 6.13. The van der Waals surface area contributed by atoms with E-state index >= 15 is 0 Å². The first kappa shape index (κ1) is 12.9. The van der Waals surface area contributed by atoms with E-state index in [9.17, 15) is 4.79 Å². The van der Waals surface area contributed by atoms with Crippen LogP contribution < -0.4 is 5.32 Å². The van der Waals surface area contributed by atoms with Crippen LogP contribution in [0.15, 0.2) is 31.0 Å². The summed E-state index contributed by atoms with van der Waals surface area (Å²) in [6.07, 6.45) is 8.01. The number of hydrogen-bond donors (Lipinski definition) is 1. The molecule has 106 valence electrons. The van der Waals surface area contributed by atoms with E-state index in [1.54, 1.807) is 24.0 Å². The number of imidazole rings is 1. The fourth-order valence-electron chi connectivity index (χ4n) is 1.75. The topological polar surface area (TPSA) is 103 Å². The van der Waals surface area contributed by atoms with E-state index in [0.29, 0.717) is 11.6 Å². The highest BCUT2D eigenvalue weighted by molar-refractivity contribution is 6.02. The van der Waals surface area contributed by atoms with Gasteiger partial charge in [-0.2, -0.15) is 0 Å². The van der Waals surface area contributed by atoms with E-state index in [4.69, 9.17) is 0 Å². The van der Waals surface area contributed by atoms with Crippen molar-refractivity contribution < 1.29 is 4.79 Å². The summed E-state index contributed by atoms with van der Waals surface area (Å²) < 4.78 is 3.20. The van der Waals surface area contributed by atoms with Crippen molar-refractivity contribution in [2.45, 2.75) is 6.92 Å². The molecule has 3 aromatic heterocycles. The lowest BCUT2D eigenvalue weighted by Gasteiger charge is -2.05. The lowest BCUT2D eigenvalue weighted by atomic mass is 10.4.